The highest BCUT2D eigenvalue weighted by atomic mass is 35.5. The van der Waals surface area contributed by atoms with Crippen molar-refractivity contribution in [2.75, 3.05) is 44.9 Å². The molecule has 2 aliphatic heterocycles. The molecular weight excluding hydrogens is 976 g/mol. The monoisotopic (exact) mass is 1040 g/mol. The summed E-state index contributed by atoms with van der Waals surface area (Å²) in [5.74, 6) is 2.32. The quantitative estimate of drug-likeness (QED) is 0.0473. The van der Waals surface area contributed by atoms with Crippen molar-refractivity contribution in [3.63, 3.8) is 0 Å². The van der Waals surface area contributed by atoms with Gasteiger partial charge < -0.3 is 44.5 Å². The molecule has 19 heteroatoms. The number of benzene rings is 3. The van der Waals surface area contributed by atoms with Crippen molar-refractivity contribution >= 4 is 46.6 Å². The zero-order valence-corrected chi connectivity index (χ0v) is 44.5. The van der Waals surface area contributed by atoms with E-state index in [9.17, 15) is 19.2 Å². The molecule has 1 saturated heterocycles. The van der Waals surface area contributed by atoms with E-state index in [2.05, 4.69) is 43.0 Å². The van der Waals surface area contributed by atoms with Crippen LogP contribution in [0.4, 0.5) is 5.69 Å². The number of aromatic amines is 1. The molecule has 2 aliphatic rings. The number of aryl methyl sites for hydroxylation is 3. The van der Waals surface area contributed by atoms with Crippen LogP contribution in [0.25, 0.3) is 17.1 Å². The number of nitrogens with one attached hydrogen (secondary N) is 4. The summed E-state index contributed by atoms with van der Waals surface area (Å²) >= 11 is 6.25. The van der Waals surface area contributed by atoms with Crippen LogP contribution in [0.3, 0.4) is 0 Å². The lowest BCUT2D eigenvalue weighted by atomic mass is 9.85. The molecule has 4 N–H and O–H groups in total. The number of aliphatic imine (C=N–C) groups is 1. The van der Waals surface area contributed by atoms with E-state index in [-0.39, 0.29) is 30.7 Å². The Morgan fingerprint density at radius 3 is 2.27 bits per heavy atom. The van der Waals surface area contributed by atoms with E-state index in [4.69, 9.17) is 35.2 Å². The fourth-order valence-electron chi connectivity index (χ4n) is 9.30. The van der Waals surface area contributed by atoms with Gasteiger partial charge in [-0.25, -0.2) is 4.98 Å². The normalized spacial score (nSPS) is 15.6. The second kappa shape index (κ2) is 24.5. The summed E-state index contributed by atoms with van der Waals surface area (Å²) < 4.78 is 24.8. The summed E-state index contributed by atoms with van der Waals surface area (Å²) in [4.78, 5) is 68.4. The van der Waals surface area contributed by atoms with E-state index in [0.29, 0.717) is 99.1 Å². The largest absolute Gasteiger partial charge is 0.494 e. The van der Waals surface area contributed by atoms with Crippen molar-refractivity contribution < 1.29 is 37.8 Å². The number of hydrogen-bond donors (Lipinski definition) is 4. The Bertz CT molecular complexity index is 2970. The molecule has 6 aromatic rings. The number of carbonyl (C=O) groups excluding carboxylic acids is 4. The number of hydrogen-bond acceptors (Lipinski definition) is 12. The highest BCUT2D eigenvalue weighted by molar-refractivity contribution is 6.30. The average molecular weight is 1040 g/mol. The number of amides is 4. The minimum Gasteiger partial charge on any atom is -0.494 e. The molecule has 8 rings (SSSR count). The molecule has 18 nitrogen and oxygen atoms in total. The number of fused-ring (bicyclic) bond motifs is 3. The highest BCUT2D eigenvalue weighted by Crippen LogP contribution is 2.36. The van der Waals surface area contributed by atoms with Gasteiger partial charge in [-0.3, -0.25) is 28.7 Å². The molecule has 0 spiro atoms. The van der Waals surface area contributed by atoms with E-state index >= 15 is 0 Å². The molecule has 0 saturated carbocycles. The average Bonchev–Trinajstić information content (AvgIpc) is 4.20. The molecule has 396 valence electrons. The Morgan fingerprint density at radius 1 is 0.853 bits per heavy atom. The van der Waals surface area contributed by atoms with Crippen molar-refractivity contribution in [2.24, 2.45) is 10.4 Å². The summed E-state index contributed by atoms with van der Waals surface area (Å²) in [5.41, 5.74) is 7.24. The number of oxazole rings is 1. The molecule has 0 radical (unpaired) electrons. The number of rotatable bonds is 22. The molecular formula is C56H67ClN10O8. The van der Waals surface area contributed by atoms with Crippen LogP contribution in [0.5, 0.6) is 5.75 Å². The number of likely N-dealkylation sites (tertiary alicyclic amines) is 1. The van der Waals surface area contributed by atoms with E-state index < -0.39 is 29.4 Å². The first-order chi connectivity index (χ1) is 36.0. The standard InChI is InChI=1S/C56H67ClN10O8/c1-34-35(2)60-53-48(34)49(39-17-19-41(57)20-18-39)62-44(52-65-64-37(4)67(52)53)30-46(68)61-42-21-23-43(24-22-42)74-29-11-28-72-26-8-9-27-73-32-47(69)63-51(56(5,6)7)55(71)66-25-10-12-45(66)54(70)58-31-38-13-15-40(16-14-38)50-36(3)59-33-75-50/h13-24,33,44-45,51,60H,8-12,25-32H2,1-7H3,(H,58,70)(H,61,68)(H,63,69)/t44?,45-,51?/m0/s1. The topological polar surface area (TPSA) is 220 Å². The number of unbranched alkanes of at least 4 members (excludes halogenated alkanes) is 1. The minimum absolute atomic E-state index is 0.0392. The zero-order valence-electron chi connectivity index (χ0n) is 43.8. The molecule has 3 aromatic carbocycles. The van der Waals surface area contributed by atoms with Gasteiger partial charge in [0.15, 0.2) is 18.0 Å². The van der Waals surface area contributed by atoms with E-state index in [0.717, 1.165) is 57.2 Å². The Kier molecular flexibility index (Phi) is 17.7. The zero-order chi connectivity index (χ0) is 53.2. The van der Waals surface area contributed by atoms with Crippen molar-refractivity contribution in [3.05, 3.63) is 130 Å². The summed E-state index contributed by atoms with van der Waals surface area (Å²) in [6, 6.07) is 20.4. The van der Waals surface area contributed by atoms with Crippen LogP contribution < -0.4 is 20.7 Å². The number of ether oxygens (including phenoxy) is 3. The maximum absolute atomic E-state index is 13.9. The van der Waals surface area contributed by atoms with Crippen LogP contribution in [0.1, 0.15) is 111 Å². The maximum Gasteiger partial charge on any atom is 0.246 e. The molecule has 0 aliphatic carbocycles. The number of nitrogens with zero attached hydrogens (tertiary/aromatic N) is 6. The molecule has 5 heterocycles. The van der Waals surface area contributed by atoms with Gasteiger partial charge in [0.1, 0.15) is 42.1 Å². The lowest BCUT2D eigenvalue weighted by Gasteiger charge is -2.35. The number of aromatic nitrogens is 5. The first kappa shape index (κ1) is 54.1. The molecule has 3 aromatic heterocycles. The third-order valence-electron chi connectivity index (χ3n) is 13.5. The number of H-pyrrole nitrogens is 1. The van der Waals surface area contributed by atoms with Crippen LogP contribution >= 0.6 is 11.6 Å². The fourth-order valence-corrected chi connectivity index (χ4v) is 9.42. The predicted molar refractivity (Wildman–Crippen MR) is 285 cm³/mol. The van der Waals surface area contributed by atoms with E-state index in [1.165, 1.54) is 6.39 Å². The second-order valence-corrected chi connectivity index (χ2v) is 20.6. The smallest absolute Gasteiger partial charge is 0.246 e. The molecule has 2 unspecified atom stereocenters. The van der Waals surface area contributed by atoms with Gasteiger partial charge in [-0.15, -0.1) is 10.2 Å². The first-order valence-electron chi connectivity index (χ1n) is 25.6. The van der Waals surface area contributed by atoms with Crippen LogP contribution in [-0.4, -0.2) is 111 Å². The second-order valence-electron chi connectivity index (χ2n) is 20.1. The van der Waals surface area contributed by atoms with E-state index in [1.807, 2.05) is 107 Å². The van der Waals surface area contributed by atoms with Gasteiger partial charge in [-0.2, -0.15) is 0 Å². The highest BCUT2D eigenvalue weighted by Gasteiger charge is 2.42. The lowest BCUT2D eigenvalue weighted by Crippen LogP contribution is -2.58. The SMILES string of the molecule is Cc1ncoc1-c1ccc(CNC(=O)[C@@H]2CCCN2C(=O)C(NC(=O)COCCCCOCCCOc2ccc(NC(=O)CC3N=C(c4ccc(Cl)cc4)c4c([nH]c(C)c4C)-n4c(C)nnc43)cc2)C(C)(C)C)cc1. The van der Waals surface area contributed by atoms with Crippen LogP contribution in [0.15, 0.2) is 88.6 Å². The molecule has 75 heavy (non-hydrogen) atoms. The van der Waals surface area contributed by atoms with Gasteiger partial charge in [0.05, 0.1) is 24.4 Å². The fraction of sp³-hybridized carbons (Fsp3) is 0.429. The van der Waals surface area contributed by atoms with Gasteiger partial charge in [0.25, 0.3) is 0 Å². The van der Waals surface area contributed by atoms with Crippen molar-refractivity contribution in [3.8, 4) is 22.9 Å². The molecule has 3 atom stereocenters. The summed E-state index contributed by atoms with van der Waals surface area (Å²) in [5, 5.41) is 18.4. The Labute approximate surface area is 442 Å². The lowest BCUT2D eigenvalue weighted by molar-refractivity contribution is -0.144. The van der Waals surface area contributed by atoms with Crippen LogP contribution in [-0.2, 0) is 35.2 Å². The van der Waals surface area contributed by atoms with E-state index in [1.54, 1.807) is 17.0 Å². The Morgan fingerprint density at radius 2 is 1.56 bits per heavy atom. The number of halogens is 1. The van der Waals surface area contributed by atoms with Crippen LogP contribution in [0, 0.1) is 33.1 Å². The predicted octanol–water partition coefficient (Wildman–Crippen LogP) is 8.48. The Hall–Kier alpha value is -7.15. The molecule has 1 fully saturated rings. The third kappa shape index (κ3) is 13.4. The van der Waals surface area contributed by atoms with Gasteiger partial charge in [-0.05, 0) is 106 Å². The maximum atomic E-state index is 13.9. The minimum atomic E-state index is -0.840. The van der Waals surface area contributed by atoms with Gasteiger partial charge >= 0.3 is 0 Å². The number of carbonyl (C=O) groups is 4. The van der Waals surface area contributed by atoms with Crippen molar-refractivity contribution in [2.45, 2.75) is 112 Å². The molecule has 0 bridgehead atoms. The molecule has 4 amide bonds. The van der Waals surface area contributed by atoms with Crippen LogP contribution in [0.2, 0.25) is 5.02 Å². The summed E-state index contributed by atoms with van der Waals surface area (Å²) in [6.45, 7) is 15.9. The third-order valence-corrected chi connectivity index (χ3v) is 13.7. The first-order valence-corrected chi connectivity index (χ1v) is 25.9. The number of anilines is 1. The van der Waals surface area contributed by atoms with Crippen molar-refractivity contribution in [1.82, 2.24) is 40.3 Å². The van der Waals surface area contributed by atoms with Gasteiger partial charge in [0.2, 0.25) is 23.6 Å². The van der Waals surface area contributed by atoms with Gasteiger partial charge in [0, 0.05) is 72.4 Å². The Balaban J connectivity index is 0.703. The summed E-state index contributed by atoms with van der Waals surface area (Å²) in [6.07, 6.45) is 4.80. The van der Waals surface area contributed by atoms with Gasteiger partial charge in [-0.1, -0.05) is 68.8 Å². The van der Waals surface area contributed by atoms with Crippen molar-refractivity contribution in [1.29, 1.82) is 0 Å². The summed E-state index contributed by atoms with van der Waals surface area (Å²) in [7, 11) is 0.